The van der Waals surface area contributed by atoms with Crippen molar-refractivity contribution < 1.29 is 9.21 Å². The first-order valence-electron chi connectivity index (χ1n) is 6.60. The lowest BCUT2D eigenvalue weighted by molar-refractivity contribution is -0.137. The average Bonchev–Trinajstić information content (AvgIpc) is 2.75. The lowest BCUT2D eigenvalue weighted by Crippen LogP contribution is -2.55. The highest BCUT2D eigenvalue weighted by molar-refractivity contribution is 5.86. The molecular weight excluding hydrogens is 228 g/mol. The fourth-order valence-electron chi connectivity index (χ4n) is 2.68. The van der Waals surface area contributed by atoms with Crippen molar-refractivity contribution in [2.24, 2.45) is 5.73 Å². The van der Waals surface area contributed by atoms with Crippen molar-refractivity contribution in [3.63, 3.8) is 0 Å². The van der Waals surface area contributed by atoms with Crippen LogP contribution in [0.3, 0.4) is 0 Å². The van der Waals surface area contributed by atoms with Gasteiger partial charge < -0.3 is 15.1 Å². The first-order chi connectivity index (χ1) is 8.53. The molecular formula is C14H22N2O2. The molecule has 1 aromatic heterocycles. The van der Waals surface area contributed by atoms with Crippen LogP contribution in [0, 0.1) is 6.92 Å². The first kappa shape index (κ1) is 13.1. The van der Waals surface area contributed by atoms with Gasteiger partial charge in [0.1, 0.15) is 5.76 Å². The van der Waals surface area contributed by atoms with Gasteiger partial charge in [0.15, 0.2) is 0 Å². The molecule has 1 aliphatic rings. The van der Waals surface area contributed by atoms with Crippen LogP contribution in [0.1, 0.15) is 43.4 Å². The molecule has 0 spiro atoms. The summed E-state index contributed by atoms with van der Waals surface area (Å²) in [6, 6.07) is 1.91. The Hall–Kier alpha value is -1.29. The number of nitrogens with zero attached hydrogens (tertiary/aromatic N) is 1. The van der Waals surface area contributed by atoms with Crippen LogP contribution in [0.15, 0.2) is 16.7 Å². The minimum Gasteiger partial charge on any atom is -0.469 e. The van der Waals surface area contributed by atoms with Crippen LogP contribution in [0.5, 0.6) is 0 Å². The minimum absolute atomic E-state index is 0.0581. The number of likely N-dealkylation sites (N-methyl/N-ethyl adjacent to an activating group) is 1. The maximum Gasteiger partial charge on any atom is 0.242 e. The molecule has 0 atom stereocenters. The monoisotopic (exact) mass is 250 g/mol. The van der Waals surface area contributed by atoms with E-state index in [4.69, 9.17) is 10.2 Å². The predicted octanol–water partition coefficient (Wildman–Crippen LogP) is 2.21. The van der Waals surface area contributed by atoms with Gasteiger partial charge in [0, 0.05) is 19.2 Å². The van der Waals surface area contributed by atoms with E-state index in [1.54, 1.807) is 11.2 Å². The molecule has 1 fully saturated rings. The van der Waals surface area contributed by atoms with E-state index in [1.165, 1.54) is 6.42 Å². The Morgan fingerprint density at radius 3 is 2.67 bits per heavy atom. The van der Waals surface area contributed by atoms with Crippen molar-refractivity contribution in [2.45, 2.75) is 51.1 Å². The molecule has 0 radical (unpaired) electrons. The van der Waals surface area contributed by atoms with Gasteiger partial charge in [0.2, 0.25) is 5.91 Å². The fourth-order valence-corrected chi connectivity index (χ4v) is 2.68. The van der Waals surface area contributed by atoms with Gasteiger partial charge in [0.05, 0.1) is 11.8 Å². The third kappa shape index (κ3) is 2.58. The van der Waals surface area contributed by atoms with Crippen molar-refractivity contribution in [3.05, 3.63) is 23.7 Å². The standard InChI is InChI=1S/C14H22N2O2/c1-11-12(6-9-18-11)10-16(2)13(17)14(15)7-4-3-5-8-14/h6,9H,3-5,7-8,10,15H2,1-2H3. The summed E-state index contributed by atoms with van der Waals surface area (Å²) in [5.74, 6) is 0.923. The lowest BCUT2D eigenvalue weighted by atomic mass is 9.81. The van der Waals surface area contributed by atoms with Crippen molar-refractivity contribution >= 4 is 5.91 Å². The number of nitrogens with two attached hydrogens (primary N) is 1. The highest BCUT2D eigenvalue weighted by Crippen LogP contribution is 2.28. The van der Waals surface area contributed by atoms with Crippen molar-refractivity contribution in [3.8, 4) is 0 Å². The Kier molecular flexibility index (Phi) is 3.76. The quantitative estimate of drug-likeness (QED) is 0.894. The molecule has 4 heteroatoms. The van der Waals surface area contributed by atoms with E-state index < -0.39 is 5.54 Å². The molecule has 100 valence electrons. The van der Waals surface area contributed by atoms with E-state index in [0.717, 1.165) is 37.0 Å². The summed E-state index contributed by atoms with van der Waals surface area (Å²) in [6.45, 7) is 2.48. The predicted molar refractivity (Wildman–Crippen MR) is 69.9 cm³/mol. The topological polar surface area (TPSA) is 59.5 Å². The second kappa shape index (κ2) is 5.14. The highest BCUT2D eigenvalue weighted by atomic mass is 16.3. The fraction of sp³-hybridized carbons (Fsp3) is 0.643. The number of furan rings is 1. The van der Waals surface area contributed by atoms with Gasteiger partial charge >= 0.3 is 0 Å². The number of amides is 1. The molecule has 1 heterocycles. The Bertz CT molecular complexity index is 419. The summed E-state index contributed by atoms with van der Waals surface area (Å²) in [6.07, 6.45) is 6.57. The summed E-state index contributed by atoms with van der Waals surface area (Å²) < 4.78 is 5.25. The number of rotatable bonds is 3. The molecule has 1 aliphatic carbocycles. The van der Waals surface area contributed by atoms with Crippen LogP contribution in [0.4, 0.5) is 0 Å². The molecule has 4 nitrogen and oxygen atoms in total. The summed E-state index contributed by atoms with van der Waals surface area (Å²) in [5, 5.41) is 0. The highest BCUT2D eigenvalue weighted by Gasteiger charge is 2.37. The molecule has 1 aromatic rings. The van der Waals surface area contributed by atoms with Gasteiger partial charge in [-0.2, -0.15) is 0 Å². The molecule has 0 saturated heterocycles. The van der Waals surface area contributed by atoms with Crippen LogP contribution in [-0.4, -0.2) is 23.4 Å². The van der Waals surface area contributed by atoms with Gasteiger partial charge in [-0.3, -0.25) is 4.79 Å². The Balaban J connectivity index is 2.02. The number of hydrogen-bond donors (Lipinski definition) is 1. The van der Waals surface area contributed by atoms with Gasteiger partial charge in [-0.05, 0) is 25.8 Å². The third-order valence-electron chi connectivity index (χ3n) is 3.89. The molecule has 2 rings (SSSR count). The SMILES string of the molecule is Cc1occc1CN(C)C(=O)C1(N)CCCCC1. The van der Waals surface area contributed by atoms with Gasteiger partial charge in [-0.25, -0.2) is 0 Å². The molecule has 1 amide bonds. The van der Waals surface area contributed by atoms with E-state index in [9.17, 15) is 4.79 Å². The zero-order chi connectivity index (χ0) is 13.2. The largest absolute Gasteiger partial charge is 0.469 e. The average molecular weight is 250 g/mol. The molecule has 0 aliphatic heterocycles. The zero-order valence-electron chi connectivity index (χ0n) is 11.2. The van der Waals surface area contributed by atoms with Gasteiger partial charge in [0.25, 0.3) is 0 Å². The minimum atomic E-state index is -0.648. The van der Waals surface area contributed by atoms with E-state index >= 15 is 0 Å². The van der Waals surface area contributed by atoms with E-state index in [2.05, 4.69) is 0 Å². The maximum atomic E-state index is 12.4. The molecule has 18 heavy (non-hydrogen) atoms. The molecule has 1 saturated carbocycles. The summed E-state index contributed by atoms with van der Waals surface area (Å²) in [4.78, 5) is 14.2. The summed E-state index contributed by atoms with van der Waals surface area (Å²) in [7, 11) is 1.82. The van der Waals surface area contributed by atoms with Crippen LogP contribution in [-0.2, 0) is 11.3 Å². The number of carbonyl (C=O) groups excluding carboxylic acids is 1. The Morgan fingerprint density at radius 2 is 2.11 bits per heavy atom. The maximum absolute atomic E-state index is 12.4. The Labute approximate surface area is 108 Å². The van der Waals surface area contributed by atoms with Crippen LogP contribution in [0.2, 0.25) is 0 Å². The van der Waals surface area contributed by atoms with Crippen LogP contribution >= 0.6 is 0 Å². The van der Waals surface area contributed by atoms with Crippen molar-refractivity contribution in [1.29, 1.82) is 0 Å². The van der Waals surface area contributed by atoms with E-state index in [0.29, 0.717) is 6.54 Å². The number of carbonyl (C=O) groups is 1. The zero-order valence-corrected chi connectivity index (χ0v) is 11.2. The first-order valence-corrected chi connectivity index (χ1v) is 6.60. The Morgan fingerprint density at radius 1 is 1.44 bits per heavy atom. The summed E-state index contributed by atoms with van der Waals surface area (Å²) >= 11 is 0. The second-order valence-corrected chi connectivity index (χ2v) is 5.38. The molecule has 0 unspecified atom stereocenters. The number of aryl methyl sites for hydroxylation is 1. The number of hydrogen-bond acceptors (Lipinski definition) is 3. The third-order valence-corrected chi connectivity index (χ3v) is 3.89. The van der Waals surface area contributed by atoms with E-state index in [1.807, 2.05) is 20.0 Å². The van der Waals surface area contributed by atoms with Gasteiger partial charge in [-0.1, -0.05) is 19.3 Å². The second-order valence-electron chi connectivity index (χ2n) is 5.38. The van der Waals surface area contributed by atoms with Crippen LogP contribution in [0.25, 0.3) is 0 Å². The van der Waals surface area contributed by atoms with Crippen LogP contribution < -0.4 is 5.73 Å². The molecule has 2 N–H and O–H groups in total. The molecule has 0 aromatic carbocycles. The van der Waals surface area contributed by atoms with E-state index in [-0.39, 0.29) is 5.91 Å². The van der Waals surface area contributed by atoms with Gasteiger partial charge in [-0.15, -0.1) is 0 Å². The normalized spacial score (nSPS) is 18.6. The summed E-state index contributed by atoms with van der Waals surface area (Å²) in [5.41, 5.74) is 6.65. The van der Waals surface area contributed by atoms with Crippen molar-refractivity contribution in [2.75, 3.05) is 7.05 Å². The van der Waals surface area contributed by atoms with Crippen molar-refractivity contribution in [1.82, 2.24) is 4.90 Å². The lowest BCUT2D eigenvalue weighted by Gasteiger charge is -2.35. The molecule has 0 bridgehead atoms. The smallest absolute Gasteiger partial charge is 0.242 e.